The van der Waals surface area contributed by atoms with Crippen molar-refractivity contribution in [1.29, 1.82) is 0 Å². The minimum Gasteiger partial charge on any atom is -0.378 e. The molecule has 5 rings (SSSR count). The quantitative estimate of drug-likeness (QED) is 0.425. The zero-order chi connectivity index (χ0) is 24.2. The van der Waals surface area contributed by atoms with Crippen LogP contribution in [0.5, 0.6) is 0 Å². The molecule has 7 heteroatoms. The molecule has 2 atom stereocenters. The number of amides is 1. The molecule has 35 heavy (non-hydrogen) atoms. The molecule has 0 unspecified atom stereocenters. The van der Waals surface area contributed by atoms with E-state index in [9.17, 15) is 4.79 Å². The van der Waals surface area contributed by atoms with Crippen molar-refractivity contribution in [2.24, 2.45) is 5.92 Å². The van der Waals surface area contributed by atoms with Crippen LogP contribution in [0, 0.1) is 5.92 Å². The number of para-hydroxylation sites is 1. The van der Waals surface area contributed by atoms with Gasteiger partial charge in [0.25, 0.3) is 0 Å². The molecule has 1 fully saturated rings. The minimum absolute atomic E-state index is 0.0449. The topological polar surface area (TPSA) is 77.2 Å². The first kappa shape index (κ1) is 22.9. The van der Waals surface area contributed by atoms with Crippen molar-refractivity contribution in [1.82, 2.24) is 20.3 Å². The number of H-pyrrole nitrogens is 1. The lowest BCUT2D eigenvalue weighted by atomic mass is 9.90. The summed E-state index contributed by atoms with van der Waals surface area (Å²) in [5.74, 6) is 0.763. The number of aromatic nitrogens is 3. The highest BCUT2D eigenvalue weighted by molar-refractivity contribution is 5.84. The zero-order valence-corrected chi connectivity index (χ0v) is 20.3. The van der Waals surface area contributed by atoms with Crippen molar-refractivity contribution in [2.75, 3.05) is 43.5 Å². The number of carbonyl (C=O) groups is 1. The van der Waals surface area contributed by atoms with Gasteiger partial charge in [-0.3, -0.25) is 4.79 Å². The normalized spacial score (nSPS) is 16.7. The molecule has 3 heterocycles. The Morgan fingerprint density at radius 1 is 1.11 bits per heavy atom. The van der Waals surface area contributed by atoms with Crippen molar-refractivity contribution in [2.45, 2.75) is 18.8 Å². The van der Waals surface area contributed by atoms with Gasteiger partial charge in [-0.1, -0.05) is 30.3 Å². The highest BCUT2D eigenvalue weighted by Gasteiger charge is 2.28. The molecule has 4 aromatic rings. The van der Waals surface area contributed by atoms with E-state index in [1.807, 2.05) is 26.2 Å². The van der Waals surface area contributed by atoms with Crippen LogP contribution in [0.15, 0.2) is 73.2 Å². The number of fused-ring (bicyclic) bond motifs is 1. The molecule has 180 valence electrons. The Morgan fingerprint density at radius 2 is 1.89 bits per heavy atom. The van der Waals surface area contributed by atoms with E-state index in [1.165, 1.54) is 16.5 Å². The fourth-order valence-electron chi connectivity index (χ4n) is 4.97. The SMILES string of the molecule is CN(C)c1ccc([C@H](CNC(=O)[C@@H]2CCCN(c3ncccn3)C2)c2c[nH]c3ccccc23)cc1. The van der Waals surface area contributed by atoms with Crippen LogP contribution in [0.1, 0.15) is 29.9 Å². The number of piperidine rings is 1. The van der Waals surface area contributed by atoms with Gasteiger partial charge in [0, 0.05) is 74.8 Å². The Balaban J connectivity index is 1.35. The molecule has 0 radical (unpaired) electrons. The average molecular weight is 469 g/mol. The van der Waals surface area contributed by atoms with E-state index >= 15 is 0 Å². The second kappa shape index (κ2) is 10.2. The molecule has 0 bridgehead atoms. The molecule has 1 aliphatic rings. The molecule has 2 N–H and O–H groups in total. The maximum atomic E-state index is 13.3. The molecule has 0 saturated carbocycles. The molecule has 2 aromatic heterocycles. The summed E-state index contributed by atoms with van der Waals surface area (Å²) in [6.45, 7) is 2.06. The Labute approximate surface area is 206 Å². The average Bonchev–Trinajstić information content (AvgIpc) is 3.33. The maximum Gasteiger partial charge on any atom is 0.225 e. The monoisotopic (exact) mass is 468 g/mol. The summed E-state index contributed by atoms with van der Waals surface area (Å²) in [5.41, 5.74) is 4.64. The van der Waals surface area contributed by atoms with Crippen LogP contribution >= 0.6 is 0 Å². The molecular weight excluding hydrogens is 436 g/mol. The Hall–Kier alpha value is -3.87. The van der Waals surface area contributed by atoms with Crippen LogP contribution in [-0.2, 0) is 4.79 Å². The van der Waals surface area contributed by atoms with Crippen LogP contribution in [0.25, 0.3) is 10.9 Å². The van der Waals surface area contributed by atoms with Crippen molar-refractivity contribution in [3.8, 4) is 0 Å². The third-order valence-electron chi connectivity index (χ3n) is 6.92. The lowest BCUT2D eigenvalue weighted by Gasteiger charge is -2.32. The van der Waals surface area contributed by atoms with E-state index in [-0.39, 0.29) is 17.7 Å². The number of anilines is 2. The van der Waals surface area contributed by atoms with E-state index in [0.29, 0.717) is 19.0 Å². The van der Waals surface area contributed by atoms with Gasteiger partial charge in [0.2, 0.25) is 11.9 Å². The predicted molar refractivity (Wildman–Crippen MR) is 141 cm³/mol. The van der Waals surface area contributed by atoms with Gasteiger partial charge >= 0.3 is 0 Å². The van der Waals surface area contributed by atoms with Crippen LogP contribution in [0.4, 0.5) is 11.6 Å². The van der Waals surface area contributed by atoms with Crippen LogP contribution in [-0.4, -0.2) is 54.6 Å². The number of aromatic amines is 1. The van der Waals surface area contributed by atoms with E-state index in [1.54, 1.807) is 12.4 Å². The molecule has 2 aromatic carbocycles. The molecule has 7 nitrogen and oxygen atoms in total. The molecule has 0 aliphatic carbocycles. The van der Waals surface area contributed by atoms with Crippen molar-refractivity contribution in [3.05, 3.63) is 84.3 Å². The van der Waals surface area contributed by atoms with Gasteiger partial charge in [-0.2, -0.15) is 0 Å². The fraction of sp³-hybridized carbons (Fsp3) is 0.321. The highest BCUT2D eigenvalue weighted by atomic mass is 16.1. The van der Waals surface area contributed by atoms with Gasteiger partial charge < -0.3 is 20.1 Å². The van der Waals surface area contributed by atoms with Gasteiger partial charge in [-0.05, 0) is 48.2 Å². The molecule has 1 saturated heterocycles. The first-order valence-electron chi connectivity index (χ1n) is 12.2. The predicted octanol–water partition coefficient (Wildman–Crippen LogP) is 4.19. The number of carbonyl (C=O) groups excluding carboxylic acids is 1. The van der Waals surface area contributed by atoms with Crippen LogP contribution in [0.3, 0.4) is 0 Å². The summed E-state index contributed by atoms with van der Waals surface area (Å²) in [4.78, 5) is 29.6. The van der Waals surface area contributed by atoms with Gasteiger partial charge in [0.15, 0.2) is 0 Å². The van der Waals surface area contributed by atoms with Crippen LogP contribution in [0.2, 0.25) is 0 Å². The summed E-state index contributed by atoms with van der Waals surface area (Å²) in [7, 11) is 4.08. The van der Waals surface area contributed by atoms with Gasteiger partial charge in [0.1, 0.15) is 0 Å². The van der Waals surface area contributed by atoms with Gasteiger partial charge in [-0.15, -0.1) is 0 Å². The number of nitrogens with zero attached hydrogens (tertiary/aromatic N) is 4. The molecular formula is C28H32N6O. The summed E-state index contributed by atoms with van der Waals surface area (Å²) < 4.78 is 0. The summed E-state index contributed by atoms with van der Waals surface area (Å²) in [5, 5.41) is 4.47. The number of hydrogen-bond acceptors (Lipinski definition) is 5. The molecule has 0 spiro atoms. The fourth-order valence-corrected chi connectivity index (χ4v) is 4.97. The zero-order valence-electron chi connectivity index (χ0n) is 20.3. The highest BCUT2D eigenvalue weighted by Crippen LogP contribution is 2.31. The smallest absolute Gasteiger partial charge is 0.225 e. The van der Waals surface area contributed by atoms with E-state index in [0.717, 1.165) is 30.6 Å². The lowest BCUT2D eigenvalue weighted by molar-refractivity contribution is -0.125. The number of benzene rings is 2. The number of nitrogens with one attached hydrogen (secondary N) is 2. The van der Waals surface area contributed by atoms with Crippen molar-refractivity contribution in [3.63, 3.8) is 0 Å². The third-order valence-corrected chi connectivity index (χ3v) is 6.92. The maximum absolute atomic E-state index is 13.3. The molecule has 1 amide bonds. The standard InChI is InChI=1S/C28H32N6O/c1-33(2)22-12-10-20(11-13-22)24(25-18-31-26-9-4-3-8-23(25)26)17-32-27(35)21-7-5-16-34(19-21)28-29-14-6-15-30-28/h3-4,6,8-15,18,21,24,31H,5,7,16-17,19H2,1-2H3,(H,32,35)/t21-,24+/m1/s1. The van der Waals surface area contributed by atoms with Crippen LogP contribution < -0.4 is 15.1 Å². The first-order valence-corrected chi connectivity index (χ1v) is 12.2. The largest absolute Gasteiger partial charge is 0.378 e. The first-order chi connectivity index (χ1) is 17.1. The number of rotatable bonds is 7. The molecule has 1 aliphatic heterocycles. The van der Waals surface area contributed by atoms with Gasteiger partial charge in [0.05, 0.1) is 5.92 Å². The lowest BCUT2D eigenvalue weighted by Crippen LogP contribution is -2.44. The van der Waals surface area contributed by atoms with E-state index in [2.05, 4.69) is 78.7 Å². The van der Waals surface area contributed by atoms with Crippen molar-refractivity contribution < 1.29 is 4.79 Å². The summed E-state index contributed by atoms with van der Waals surface area (Å²) >= 11 is 0. The third kappa shape index (κ3) is 4.99. The Bertz CT molecular complexity index is 1270. The Morgan fingerprint density at radius 3 is 2.66 bits per heavy atom. The summed E-state index contributed by atoms with van der Waals surface area (Å²) in [6.07, 6.45) is 7.41. The minimum atomic E-state index is -0.0766. The summed E-state index contributed by atoms with van der Waals surface area (Å²) in [6, 6.07) is 18.8. The van der Waals surface area contributed by atoms with E-state index in [4.69, 9.17) is 0 Å². The second-order valence-corrected chi connectivity index (χ2v) is 9.41. The second-order valence-electron chi connectivity index (χ2n) is 9.41. The van der Waals surface area contributed by atoms with E-state index < -0.39 is 0 Å². The Kier molecular flexibility index (Phi) is 6.66. The van der Waals surface area contributed by atoms with Gasteiger partial charge in [-0.25, -0.2) is 9.97 Å². The number of hydrogen-bond donors (Lipinski definition) is 2. The van der Waals surface area contributed by atoms with Crippen molar-refractivity contribution >= 4 is 28.4 Å².